The first-order valence-corrected chi connectivity index (χ1v) is 4.54. The number of aryl methyl sites for hydroxylation is 1. The minimum absolute atomic E-state index is 0.719. The summed E-state index contributed by atoms with van der Waals surface area (Å²) in [6.45, 7) is 1.90. The van der Waals surface area contributed by atoms with Crippen molar-refractivity contribution in [3.8, 4) is 5.82 Å². The van der Waals surface area contributed by atoms with Crippen LogP contribution in [0.3, 0.4) is 0 Å². The van der Waals surface area contributed by atoms with Gasteiger partial charge in [-0.15, -0.1) is 0 Å². The molecule has 0 aliphatic heterocycles. The minimum Gasteiger partial charge on any atom is -0.256 e. The Morgan fingerprint density at radius 3 is 2.62 bits per heavy atom. The lowest BCUT2D eigenvalue weighted by Crippen LogP contribution is -1.98. The van der Waals surface area contributed by atoms with Gasteiger partial charge in [-0.1, -0.05) is 0 Å². The monoisotopic (exact) mass is 238 g/mol. The zero-order valence-electron chi connectivity index (χ0n) is 6.98. The summed E-state index contributed by atoms with van der Waals surface area (Å²) in [4.78, 5) is 8.31. The van der Waals surface area contributed by atoms with Crippen molar-refractivity contribution in [3.63, 3.8) is 0 Å². The summed E-state index contributed by atoms with van der Waals surface area (Å²) >= 11 is 3.31. The number of aromatic nitrogens is 4. The highest BCUT2D eigenvalue weighted by molar-refractivity contribution is 9.10. The number of hydrogen-bond donors (Lipinski definition) is 0. The number of rotatable bonds is 1. The Hall–Kier alpha value is -1.23. The van der Waals surface area contributed by atoms with Gasteiger partial charge >= 0.3 is 0 Å². The molecule has 0 spiro atoms. The average Bonchev–Trinajstić information content (AvgIpc) is 2.53. The van der Waals surface area contributed by atoms with Crippen LogP contribution in [-0.2, 0) is 0 Å². The maximum atomic E-state index is 4.18. The molecule has 0 bridgehead atoms. The summed E-state index contributed by atoms with van der Waals surface area (Å²) in [5.41, 5.74) is 0.898. The predicted molar refractivity (Wildman–Crippen MR) is 51.6 cm³/mol. The fraction of sp³-hybridized carbons (Fsp3) is 0.125. The van der Waals surface area contributed by atoms with Crippen LogP contribution < -0.4 is 0 Å². The van der Waals surface area contributed by atoms with E-state index < -0.39 is 0 Å². The van der Waals surface area contributed by atoms with E-state index in [9.17, 15) is 0 Å². The molecule has 0 amide bonds. The Bertz CT molecular complexity index is 406. The van der Waals surface area contributed by atoms with E-state index in [2.05, 4.69) is 31.0 Å². The highest BCUT2D eigenvalue weighted by Crippen LogP contribution is 2.09. The van der Waals surface area contributed by atoms with Gasteiger partial charge in [-0.3, -0.25) is 4.98 Å². The van der Waals surface area contributed by atoms with Crippen molar-refractivity contribution in [1.29, 1.82) is 0 Å². The van der Waals surface area contributed by atoms with Gasteiger partial charge in [0.2, 0.25) is 0 Å². The Morgan fingerprint density at radius 1 is 1.23 bits per heavy atom. The van der Waals surface area contributed by atoms with Gasteiger partial charge in [-0.25, -0.2) is 9.67 Å². The van der Waals surface area contributed by atoms with Gasteiger partial charge in [0.05, 0.1) is 28.8 Å². The summed E-state index contributed by atoms with van der Waals surface area (Å²) in [7, 11) is 0. The molecule has 2 aromatic rings. The van der Waals surface area contributed by atoms with Crippen LogP contribution in [0.5, 0.6) is 0 Å². The van der Waals surface area contributed by atoms with Crippen LogP contribution in [-0.4, -0.2) is 19.7 Å². The average molecular weight is 239 g/mol. The largest absolute Gasteiger partial charge is 0.256 e. The molecule has 2 heterocycles. The van der Waals surface area contributed by atoms with Gasteiger partial charge in [0.25, 0.3) is 0 Å². The summed E-state index contributed by atoms with van der Waals surface area (Å²) in [5.74, 6) is 0.719. The fourth-order valence-electron chi connectivity index (χ4n) is 0.930. The second kappa shape index (κ2) is 3.26. The summed E-state index contributed by atoms with van der Waals surface area (Å²) in [5, 5.41) is 4.08. The first-order valence-electron chi connectivity index (χ1n) is 3.75. The Morgan fingerprint density at radius 2 is 2.08 bits per heavy atom. The second-order valence-corrected chi connectivity index (χ2v) is 3.53. The second-order valence-electron chi connectivity index (χ2n) is 2.62. The lowest BCUT2D eigenvalue weighted by molar-refractivity contribution is 0.833. The molecular weight excluding hydrogens is 232 g/mol. The summed E-state index contributed by atoms with van der Waals surface area (Å²) in [6, 6.07) is 0. The predicted octanol–water partition coefficient (Wildman–Crippen LogP) is 1.73. The molecule has 0 fully saturated rings. The molecule has 0 saturated carbocycles. The van der Waals surface area contributed by atoms with E-state index in [-0.39, 0.29) is 0 Å². The Kier molecular flexibility index (Phi) is 2.10. The van der Waals surface area contributed by atoms with Crippen LogP contribution in [0, 0.1) is 6.92 Å². The van der Waals surface area contributed by atoms with E-state index in [1.807, 2.05) is 13.1 Å². The van der Waals surface area contributed by atoms with E-state index in [0.717, 1.165) is 16.0 Å². The van der Waals surface area contributed by atoms with Crippen LogP contribution in [0.15, 0.2) is 29.3 Å². The van der Waals surface area contributed by atoms with Gasteiger partial charge < -0.3 is 0 Å². The van der Waals surface area contributed by atoms with E-state index in [1.165, 1.54) is 0 Å². The van der Waals surface area contributed by atoms with Crippen LogP contribution in [0.4, 0.5) is 0 Å². The van der Waals surface area contributed by atoms with Gasteiger partial charge in [0.15, 0.2) is 5.82 Å². The van der Waals surface area contributed by atoms with Crippen molar-refractivity contribution in [3.05, 3.63) is 35.0 Å². The van der Waals surface area contributed by atoms with E-state index >= 15 is 0 Å². The number of hydrogen-bond acceptors (Lipinski definition) is 3. The molecule has 0 aromatic carbocycles. The molecule has 0 aliphatic carbocycles. The molecule has 0 saturated heterocycles. The highest BCUT2D eigenvalue weighted by atomic mass is 79.9. The summed E-state index contributed by atoms with van der Waals surface area (Å²) in [6.07, 6.45) is 6.95. The molecule has 0 radical (unpaired) electrons. The van der Waals surface area contributed by atoms with Crippen LogP contribution in [0.1, 0.15) is 5.69 Å². The van der Waals surface area contributed by atoms with Crippen LogP contribution >= 0.6 is 15.9 Å². The molecular formula is C8H7BrN4. The lowest BCUT2D eigenvalue weighted by atomic mass is 10.5. The van der Waals surface area contributed by atoms with Gasteiger partial charge in [0, 0.05) is 6.20 Å². The molecule has 4 nitrogen and oxygen atoms in total. The Balaban J connectivity index is 2.41. The molecule has 66 valence electrons. The third kappa shape index (κ3) is 1.75. The van der Waals surface area contributed by atoms with E-state index in [0.29, 0.717) is 0 Å². The van der Waals surface area contributed by atoms with Crippen LogP contribution in [0.25, 0.3) is 5.82 Å². The third-order valence-electron chi connectivity index (χ3n) is 1.55. The standard InChI is InChI=1S/C8H7BrN4/c1-6-2-11-8(4-10-6)13-5-7(9)3-12-13/h2-5H,1H3. The van der Waals surface area contributed by atoms with E-state index in [1.54, 1.807) is 23.3 Å². The van der Waals surface area contributed by atoms with Crippen molar-refractivity contribution in [2.45, 2.75) is 6.92 Å². The number of halogens is 1. The van der Waals surface area contributed by atoms with Crippen molar-refractivity contribution >= 4 is 15.9 Å². The zero-order chi connectivity index (χ0) is 9.26. The maximum Gasteiger partial charge on any atom is 0.171 e. The maximum absolute atomic E-state index is 4.18. The molecule has 0 aliphatic rings. The third-order valence-corrected chi connectivity index (χ3v) is 1.96. The quantitative estimate of drug-likeness (QED) is 0.761. The first kappa shape index (κ1) is 8.37. The highest BCUT2D eigenvalue weighted by Gasteiger charge is 1.99. The smallest absolute Gasteiger partial charge is 0.171 e. The molecule has 2 aromatic heterocycles. The van der Waals surface area contributed by atoms with Crippen molar-refractivity contribution in [2.24, 2.45) is 0 Å². The molecule has 5 heteroatoms. The lowest BCUT2D eigenvalue weighted by Gasteiger charge is -1.98. The minimum atomic E-state index is 0.719. The molecule has 2 rings (SSSR count). The Labute approximate surface area is 83.8 Å². The zero-order valence-corrected chi connectivity index (χ0v) is 8.56. The first-order chi connectivity index (χ1) is 6.25. The van der Waals surface area contributed by atoms with Crippen molar-refractivity contribution in [1.82, 2.24) is 19.7 Å². The van der Waals surface area contributed by atoms with Crippen LogP contribution in [0.2, 0.25) is 0 Å². The van der Waals surface area contributed by atoms with Gasteiger partial charge in [-0.05, 0) is 22.9 Å². The topological polar surface area (TPSA) is 43.6 Å². The SMILES string of the molecule is Cc1cnc(-n2cc(Br)cn2)cn1. The number of nitrogens with zero attached hydrogens (tertiary/aromatic N) is 4. The molecule has 0 atom stereocenters. The summed E-state index contributed by atoms with van der Waals surface area (Å²) < 4.78 is 2.59. The fourth-order valence-corrected chi connectivity index (χ4v) is 1.22. The normalized spacial score (nSPS) is 10.3. The van der Waals surface area contributed by atoms with Gasteiger partial charge in [0.1, 0.15) is 0 Å². The molecule has 13 heavy (non-hydrogen) atoms. The van der Waals surface area contributed by atoms with Crippen molar-refractivity contribution < 1.29 is 0 Å². The van der Waals surface area contributed by atoms with E-state index in [4.69, 9.17) is 0 Å². The molecule has 0 N–H and O–H groups in total. The molecule has 0 unspecified atom stereocenters. The van der Waals surface area contributed by atoms with Gasteiger partial charge in [-0.2, -0.15) is 5.10 Å². The van der Waals surface area contributed by atoms with Crippen molar-refractivity contribution in [2.75, 3.05) is 0 Å².